The van der Waals surface area contributed by atoms with Gasteiger partial charge in [0, 0.05) is 22.9 Å². The van der Waals surface area contributed by atoms with Crippen LogP contribution in [0.15, 0.2) is 18.2 Å². The first-order valence-corrected chi connectivity index (χ1v) is 7.60. The third kappa shape index (κ3) is 4.08. The maximum absolute atomic E-state index is 10.7. The van der Waals surface area contributed by atoms with Crippen LogP contribution in [-0.4, -0.2) is 16.9 Å². The number of alkyl halides is 1. The molecule has 6 heteroatoms. The fourth-order valence-electron chi connectivity index (χ4n) is 1.64. The minimum Gasteiger partial charge on any atom is -0.493 e. The van der Waals surface area contributed by atoms with Gasteiger partial charge < -0.3 is 4.74 Å². The maximum Gasteiger partial charge on any atom is 0.288 e. The van der Waals surface area contributed by atoms with Crippen molar-refractivity contribution < 1.29 is 9.66 Å². The molecule has 0 amide bonds. The third-order valence-electron chi connectivity index (χ3n) is 3.44. The quantitative estimate of drug-likeness (QED) is 0.402. The predicted octanol–water partition coefficient (Wildman–Crippen LogP) is 4.83. The molecule has 0 aliphatic carbocycles. The van der Waals surface area contributed by atoms with Crippen molar-refractivity contribution in [2.45, 2.75) is 26.7 Å². The summed E-state index contributed by atoms with van der Waals surface area (Å²) >= 11 is 9.36. The van der Waals surface area contributed by atoms with E-state index in [1.54, 1.807) is 6.07 Å². The van der Waals surface area contributed by atoms with Crippen molar-refractivity contribution >= 4 is 33.2 Å². The Labute approximate surface area is 126 Å². The monoisotopic (exact) mass is 349 g/mol. The van der Waals surface area contributed by atoms with Crippen LogP contribution in [0.25, 0.3) is 0 Å². The molecule has 0 aliphatic rings. The third-order valence-corrected chi connectivity index (χ3v) is 4.94. The van der Waals surface area contributed by atoms with Crippen LogP contribution in [0, 0.1) is 15.5 Å². The van der Waals surface area contributed by atoms with E-state index in [1.807, 2.05) is 0 Å². The summed E-state index contributed by atoms with van der Waals surface area (Å²) in [6, 6.07) is 4.43. The van der Waals surface area contributed by atoms with E-state index in [9.17, 15) is 10.1 Å². The summed E-state index contributed by atoms with van der Waals surface area (Å²) in [7, 11) is 0. The highest BCUT2D eigenvalue weighted by Crippen LogP contribution is 2.32. The summed E-state index contributed by atoms with van der Waals surface area (Å²) in [6.45, 7) is 4.80. The largest absolute Gasteiger partial charge is 0.493 e. The van der Waals surface area contributed by atoms with E-state index in [0.717, 1.165) is 18.2 Å². The summed E-state index contributed by atoms with van der Waals surface area (Å²) in [4.78, 5) is 10.2. The number of halogens is 2. The van der Waals surface area contributed by atoms with Crippen molar-refractivity contribution in [1.82, 2.24) is 0 Å². The summed E-state index contributed by atoms with van der Waals surface area (Å²) in [6.07, 6.45) is 1.99. The summed E-state index contributed by atoms with van der Waals surface area (Å²) in [5.74, 6) is 0.558. The topological polar surface area (TPSA) is 52.4 Å². The van der Waals surface area contributed by atoms with Gasteiger partial charge in [-0.1, -0.05) is 41.4 Å². The second-order valence-corrected chi connectivity index (χ2v) is 5.47. The van der Waals surface area contributed by atoms with Gasteiger partial charge >= 0.3 is 0 Å². The SMILES string of the molecule is CCC(CC)(CBr)COc1ccc([N+](=O)[O-])c(Cl)c1. The number of nitro groups is 1. The van der Waals surface area contributed by atoms with E-state index in [1.165, 1.54) is 12.1 Å². The molecule has 0 bridgehead atoms. The lowest BCUT2D eigenvalue weighted by atomic mass is 9.86. The van der Waals surface area contributed by atoms with Crippen molar-refractivity contribution in [2.75, 3.05) is 11.9 Å². The smallest absolute Gasteiger partial charge is 0.288 e. The molecule has 4 nitrogen and oxygen atoms in total. The molecular formula is C13H17BrClNO3. The van der Waals surface area contributed by atoms with Gasteiger partial charge in [-0.25, -0.2) is 0 Å². The maximum atomic E-state index is 10.7. The van der Waals surface area contributed by atoms with Crippen LogP contribution in [0.3, 0.4) is 0 Å². The Morgan fingerprint density at radius 1 is 1.42 bits per heavy atom. The van der Waals surface area contributed by atoms with E-state index in [4.69, 9.17) is 16.3 Å². The number of nitrogens with zero attached hydrogens (tertiary/aromatic N) is 1. The molecule has 0 spiro atoms. The Kier molecular flexibility index (Phi) is 6.07. The number of ether oxygens (including phenoxy) is 1. The first-order chi connectivity index (χ1) is 8.98. The van der Waals surface area contributed by atoms with Gasteiger partial charge in [-0.15, -0.1) is 0 Å². The van der Waals surface area contributed by atoms with Crippen LogP contribution in [0.5, 0.6) is 5.75 Å². The molecule has 0 radical (unpaired) electrons. The average molecular weight is 351 g/mol. The van der Waals surface area contributed by atoms with Crippen LogP contribution < -0.4 is 4.74 Å². The van der Waals surface area contributed by atoms with Gasteiger partial charge in [0.15, 0.2) is 0 Å². The fraction of sp³-hybridized carbons (Fsp3) is 0.538. The summed E-state index contributed by atoms with van der Waals surface area (Å²) in [5.41, 5.74) is -0.0272. The van der Waals surface area contributed by atoms with E-state index >= 15 is 0 Å². The molecule has 19 heavy (non-hydrogen) atoms. The first-order valence-electron chi connectivity index (χ1n) is 6.10. The standard InChI is InChI=1S/C13H17BrClNO3/c1-3-13(4-2,8-14)9-19-10-5-6-12(16(17)18)11(15)7-10/h5-7H,3-4,8-9H2,1-2H3. The molecule has 0 aliphatic heterocycles. The van der Waals surface area contributed by atoms with Crippen molar-refractivity contribution in [3.05, 3.63) is 33.3 Å². The minimum atomic E-state index is -0.507. The predicted molar refractivity (Wildman–Crippen MR) is 80.4 cm³/mol. The van der Waals surface area contributed by atoms with E-state index in [-0.39, 0.29) is 16.1 Å². The van der Waals surface area contributed by atoms with Crippen LogP contribution >= 0.6 is 27.5 Å². The summed E-state index contributed by atoms with van der Waals surface area (Å²) in [5, 5.41) is 11.6. The normalized spacial score (nSPS) is 11.4. The van der Waals surface area contributed by atoms with E-state index in [0.29, 0.717) is 12.4 Å². The highest BCUT2D eigenvalue weighted by molar-refractivity contribution is 9.09. The second kappa shape index (κ2) is 7.10. The van der Waals surface area contributed by atoms with Crippen molar-refractivity contribution in [2.24, 2.45) is 5.41 Å². The molecule has 0 heterocycles. The zero-order chi connectivity index (χ0) is 14.5. The van der Waals surface area contributed by atoms with Gasteiger partial charge in [0.2, 0.25) is 0 Å². The van der Waals surface area contributed by atoms with Crippen molar-refractivity contribution in [3.8, 4) is 5.75 Å². The lowest BCUT2D eigenvalue weighted by molar-refractivity contribution is -0.384. The van der Waals surface area contributed by atoms with Gasteiger partial charge in [0.25, 0.3) is 5.69 Å². The van der Waals surface area contributed by atoms with Crippen molar-refractivity contribution in [3.63, 3.8) is 0 Å². The number of hydrogen-bond acceptors (Lipinski definition) is 3. The van der Waals surface area contributed by atoms with Crippen LogP contribution in [-0.2, 0) is 0 Å². The Morgan fingerprint density at radius 2 is 2.05 bits per heavy atom. The first kappa shape index (κ1) is 16.2. The number of hydrogen-bond donors (Lipinski definition) is 0. The average Bonchev–Trinajstić information content (AvgIpc) is 2.40. The molecule has 1 aromatic rings. The molecule has 0 aromatic heterocycles. The Hall–Kier alpha value is -0.810. The molecular weight excluding hydrogens is 334 g/mol. The van der Waals surface area contributed by atoms with Gasteiger partial charge in [-0.3, -0.25) is 10.1 Å². The zero-order valence-corrected chi connectivity index (χ0v) is 13.3. The number of rotatable bonds is 7. The zero-order valence-electron chi connectivity index (χ0n) is 11.0. The Balaban J connectivity index is 2.78. The van der Waals surface area contributed by atoms with Crippen molar-refractivity contribution in [1.29, 1.82) is 0 Å². The molecule has 1 aromatic carbocycles. The Bertz CT molecular complexity index is 441. The van der Waals surface area contributed by atoms with Gasteiger partial charge in [-0.05, 0) is 18.9 Å². The molecule has 0 unspecified atom stereocenters. The molecule has 0 saturated carbocycles. The van der Waals surface area contributed by atoms with Crippen LogP contribution in [0.2, 0.25) is 5.02 Å². The molecule has 0 saturated heterocycles. The van der Waals surface area contributed by atoms with Gasteiger partial charge in [0.05, 0.1) is 11.5 Å². The Morgan fingerprint density at radius 3 is 2.47 bits per heavy atom. The lowest BCUT2D eigenvalue weighted by Gasteiger charge is -2.29. The molecule has 1 rings (SSSR count). The molecule has 0 atom stereocenters. The van der Waals surface area contributed by atoms with Crippen LogP contribution in [0.4, 0.5) is 5.69 Å². The highest BCUT2D eigenvalue weighted by atomic mass is 79.9. The lowest BCUT2D eigenvalue weighted by Crippen LogP contribution is -2.29. The molecule has 106 valence electrons. The second-order valence-electron chi connectivity index (χ2n) is 4.50. The van der Waals surface area contributed by atoms with E-state index < -0.39 is 4.92 Å². The summed E-state index contributed by atoms with van der Waals surface area (Å²) < 4.78 is 5.72. The van der Waals surface area contributed by atoms with E-state index in [2.05, 4.69) is 29.8 Å². The minimum absolute atomic E-state index is 0.0776. The van der Waals surface area contributed by atoms with Gasteiger partial charge in [0.1, 0.15) is 10.8 Å². The molecule has 0 N–H and O–H groups in total. The number of nitro benzene ring substituents is 1. The van der Waals surface area contributed by atoms with Crippen LogP contribution in [0.1, 0.15) is 26.7 Å². The molecule has 0 fully saturated rings. The fourth-order valence-corrected chi connectivity index (χ4v) is 2.84. The number of benzene rings is 1. The highest BCUT2D eigenvalue weighted by Gasteiger charge is 2.26. The van der Waals surface area contributed by atoms with Gasteiger partial charge in [-0.2, -0.15) is 0 Å².